The Morgan fingerprint density at radius 3 is 2.85 bits per heavy atom. The lowest BCUT2D eigenvalue weighted by Gasteiger charge is -2.27. The van der Waals surface area contributed by atoms with Gasteiger partial charge in [-0.2, -0.15) is 5.26 Å². The lowest BCUT2D eigenvalue weighted by molar-refractivity contribution is 0.240. The third-order valence-corrected chi connectivity index (χ3v) is 3.62. The molecule has 0 spiro atoms. The quantitative estimate of drug-likeness (QED) is 0.791. The van der Waals surface area contributed by atoms with Crippen LogP contribution < -0.4 is 10.6 Å². The number of hydrogen-bond acceptors (Lipinski definition) is 5. The molecule has 1 aliphatic heterocycles. The monoisotopic (exact) mass is 273 g/mol. The van der Waals surface area contributed by atoms with Crippen LogP contribution in [0, 0.1) is 25.2 Å². The maximum absolute atomic E-state index is 9.21. The molecule has 1 aromatic rings. The molecule has 1 fully saturated rings. The standard InChI is InChI=1S/C15H23N5/c1-12-10-15(14(11-16)13(2)19-12)18-4-3-7-20-8-5-17-6-9-20/h10,17H,3-9H2,1-2H3,(H,18,19). The summed E-state index contributed by atoms with van der Waals surface area (Å²) in [7, 11) is 0. The highest BCUT2D eigenvalue weighted by Gasteiger charge is 2.10. The first-order valence-corrected chi connectivity index (χ1v) is 7.26. The van der Waals surface area contributed by atoms with Gasteiger partial charge in [0.1, 0.15) is 6.07 Å². The molecule has 0 saturated carbocycles. The zero-order valence-electron chi connectivity index (χ0n) is 12.4. The number of piperazine rings is 1. The van der Waals surface area contributed by atoms with Gasteiger partial charge in [0.2, 0.25) is 0 Å². The topological polar surface area (TPSA) is 64.0 Å². The van der Waals surface area contributed by atoms with Crippen molar-refractivity contribution < 1.29 is 0 Å². The number of aromatic nitrogens is 1. The van der Waals surface area contributed by atoms with Crippen LogP contribution in [0.2, 0.25) is 0 Å². The number of aryl methyl sites for hydroxylation is 2. The fraction of sp³-hybridized carbons (Fsp3) is 0.600. The number of rotatable bonds is 5. The molecule has 1 aromatic heterocycles. The molecule has 1 saturated heterocycles. The van der Waals surface area contributed by atoms with Crippen molar-refractivity contribution >= 4 is 5.69 Å². The summed E-state index contributed by atoms with van der Waals surface area (Å²) in [6.45, 7) is 10.3. The molecule has 2 N–H and O–H groups in total. The highest BCUT2D eigenvalue weighted by atomic mass is 15.2. The van der Waals surface area contributed by atoms with E-state index in [0.29, 0.717) is 5.56 Å². The van der Waals surface area contributed by atoms with Crippen LogP contribution in [0.3, 0.4) is 0 Å². The van der Waals surface area contributed by atoms with Crippen molar-refractivity contribution in [2.75, 3.05) is 44.6 Å². The van der Waals surface area contributed by atoms with Crippen molar-refractivity contribution in [3.63, 3.8) is 0 Å². The average Bonchev–Trinajstić information content (AvgIpc) is 2.44. The second-order valence-electron chi connectivity index (χ2n) is 5.26. The van der Waals surface area contributed by atoms with E-state index in [1.165, 1.54) is 0 Å². The molecule has 5 nitrogen and oxygen atoms in total. The fourth-order valence-corrected chi connectivity index (χ4v) is 2.57. The SMILES string of the molecule is Cc1cc(NCCCN2CCNCC2)c(C#N)c(C)n1. The first-order valence-electron chi connectivity index (χ1n) is 7.26. The van der Waals surface area contributed by atoms with Crippen LogP contribution in [0.1, 0.15) is 23.4 Å². The van der Waals surface area contributed by atoms with Gasteiger partial charge in [-0.1, -0.05) is 0 Å². The summed E-state index contributed by atoms with van der Waals surface area (Å²) in [5.41, 5.74) is 3.33. The minimum absolute atomic E-state index is 0.665. The molecule has 20 heavy (non-hydrogen) atoms. The molecule has 1 aliphatic rings. The van der Waals surface area contributed by atoms with E-state index in [9.17, 15) is 5.26 Å². The van der Waals surface area contributed by atoms with Gasteiger partial charge < -0.3 is 15.5 Å². The smallest absolute Gasteiger partial charge is 0.103 e. The minimum atomic E-state index is 0.665. The normalized spacial score (nSPS) is 15.8. The molecule has 0 amide bonds. The highest BCUT2D eigenvalue weighted by molar-refractivity contribution is 5.59. The van der Waals surface area contributed by atoms with E-state index in [0.717, 1.165) is 62.8 Å². The maximum Gasteiger partial charge on any atom is 0.103 e. The van der Waals surface area contributed by atoms with Gasteiger partial charge in [0.05, 0.1) is 16.9 Å². The molecule has 5 heteroatoms. The maximum atomic E-state index is 9.21. The summed E-state index contributed by atoms with van der Waals surface area (Å²) in [6.07, 6.45) is 1.09. The van der Waals surface area contributed by atoms with Crippen LogP contribution in [0.25, 0.3) is 0 Å². The van der Waals surface area contributed by atoms with Crippen molar-refractivity contribution in [2.24, 2.45) is 0 Å². The van der Waals surface area contributed by atoms with Crippen LogP contribution >= 0.6 is 0 Å². The molecule has 0 aromatic carbocycles. The summed E-state index contributed by atoms with van der Waals surface area (Å²) < 4.78 is 0. The predicted octanol–water partition coefficient (Wildman–Crippen LogP) is 1.28. The highest BCUT2D eigenvalue weighted by Crippen LogP contribution is 2.18. The van der Waals surface area contributed by atoms with E-state index in [2.05, 4.69) is 26.6 Å². The zero-order valence-corrected chi connectivity index (χ0v) is 12.4. The number of nitrogens with zero attached hydrogens (tertiary/aromatic N) is 3. The second-order valence-corrected chi connectivity index (χ2v) is 5.26. The summed E-state index contributed by atoms with van der Waals surface area (Å²) >= 11 is 0. The van der Waals surface area contributed by atoms with E-state index in [4.69, 9.17) is 0 Å². The lowest BCUT2D eigenvalue weighted by Crippen LogP contribution is -2.44. The third-order valence-electron chi connectivity index (χ3n) is 3.62. The number of pyridine rings is 1. The second kappa shape index (κ2) is 7.22. The van der Waals surface area contributed by atoms with Crippen molar-refractivity contribution in [2.45, 2.75) is 20.3 Å². The van der Waals surface area contributed by atoms with E-state index in [1.807, 2.05) is 19.9 Å². The number of nitriles is 1. The Morgan fingerprint density at radius 2 is 2.15 bits per heavy atom. The van der Waals surface area contributed by atoms with Crippen molar-refractivity contribution in [3.05, 3.63) is 23.0 Å². The average molecular weight is 273 g/mol. The van der Waals surface area contributed by atoms with Crippen LogP contribution in [0.15, 0.2) is 6.07 Å². The molecule has 0 bridgehead atoms. The summed E-state index contributed by atoms with van der Waals surface area (Å²) in [5, 5.41) is 15.9. The first-order chi connectivity index (χ1) is 9.70. The Bertz CT molecular complexity index is 486. The Labute approximate surface area is 121 Å². The number of nitrogens with one attached hydrogen (secondary N) is 2. The van der Waals surface area contributed by atoms with E-state index in [1.54, 1.807) is 0 Å². The zero-order chi connectivity index (χ0) is 14.4. The van der Waals surface area contributed by atoms with Gasteiger partial charge in [0.15, 0.2) is 0 Å². The molecule has 0 radical (unpaired) electrons. The molecule has 0 atom stereocenters. The number of anilines is 1. The van der Waals surface area contributed by atoms with Crippen LogP contribution in [-0.2, 0) is 0 Å². The van der Waals surface area contributed by atoms with Crippen molar-refractivity contribution in [1.82, 2.24) is 15.2 Å². The summed E-state index contributed by atoms with van der Waals surface area (Å²) in [6, 6.07) is 4.19. The number of hydrogen-bond donors (Lipinski definition) is 2. The lowest BCUT2D eigenvalue weighted by atomic mass is 10.1. The first kappa shape index (κ1) is 14.8. The van der Waals surface area contributed by atoms with E-state index >= 15 is 0 Å². The molecule has 108 valence electrons. The Hall–Kier alpha value is -1.64. The van der Waals surface area contributed by atoms with Crippen molar-refractivity contribution in [1.29, 1.82) is 5.26 Å². The van der Waals surface area contributed by atoms with Gasteiger partial charge in [-0.25, -0.2) is 0 Å². The fourth-order valence-electron chi connectivity index (χ4n) is 2.57. The Kier molecular flexibility index (Phi) is 5.33. The van der Waals surface area contributed by atoms with Gasteiger partial charge in [-0.3, -0.25) is 4.98 Å². The largest absolute Gasteiger partial charge is 0.384 e. The van der Waals surface area contributed by atoms with Crippen LogP contribution in [0.4, 0.5) is 5.69 Å². The van der Waals surface area contributed by atoms with Gasteiger partial charge in [-0.05, 0) is 32.9 Å². The molecular weight excluding hydrogens is 250 g/mol. The van der Waals surface area contributed by atoms with E-state index in [-0.39, 0.29) is 0 Å². The predicted molar refractivity (Wildman–Crippen MR) is 80.8 cm³/mol. The van der Waals surface area contributed by atoms with Gasteiger partial charge in [-0.15, -0.1) is 0 Å². The molecule has 2 rings (SSSR count). The Balaban J connectivity index is 1.83. The summed E-state index contributed by atoms with van der Waals surface area (Å²) in [5.74, 6) is 0. The van der Waals surface area contributed by atoms with Gasteiger partial charge in [0, 0.05) is 38.4 Å². The van der Waals surface area contributed by atoms with Gasteiger partial charge in [0.25, 0.3) is 0 Å². The molecule has 2 heterocycles. The van der Waals surface area contributed by atoms with Crippen LogP contribution in [0.5, 0.6) is 0 Å². The third kappa shape index (κ3) is 3.92. The molecule has 0 unspecified atom stereocenters. The minimum Gasteiger partial charge on any atom is -0.384 e. The van der Waals surface area contributed by atoms with Crippen LogP contribution in [-0.4, -0.2) is 49.2 Å². The van der Waals surface area contributed by atoms with Crippen molar-refractivity contribution in [3.8, 4) is 6.07 Å². The van der Waals surface area contributed by atoms with Gasteiger partial charge >= 0.3 is 0 Å². The Morgan fingerprint density at radius 1 is 1.40 bits per heavy atom. The summed E-state index contributed by atoms with van der Waals surface area (Å²) in [4.78, 5) is 6.81. The molecular formula is C15H23N5. The van der Waals surface area contributed by atoms with E-state index < -0.39 is 0 Å². The molecule has 0 aliphatic carbocycles.